The largest absolute Gasteiger partial charge is 0.487 e. The summed E-state index contributed by atoms with van der Waals surface area (Å²) in [5, 5.41) is 3.01. The van der Waals surface area contributed by atoms with E-state index in [-0.39, 0.29) is 11.9 Å². The lowest BCUT2D eigenvalue weighted by Gasteiger charge is -2.27. The molecule has 6 nitrogen and oxygen atoms in total. The van der Waals surface area contributed by atoms with E-state index < -0.39 is 0 Å². The van der Waals surface area contributed by atoms with Crippen molar-refractivity contribution in [3.05, 3.63) is 69.7 Å². The minimum absolute atomic E-state index is 0.0207. The third-order valence-electron chi connectivity index (χ3n) is 5.60. The lowest BCUT2D eigenvalue weighted by molar-refractivity contribution is 0.0734. The summed E-state index contributed by atoms with van der Waals surface area (Å²) in [4.78, 5) is 19.7. The Bertz CT molecular complexity index is 1100. The quantitative estimate of drug-likeness (QED) is 0.576. The number of aryl methyl sites for hydroxylation is 1. The minimum atomic E-state index is 0.0207. The van der Waals surface area contributed by atoms with E-state index in [0.717, 1.165) is 47.2 Å². The Kier molecular flexibility index (Phi) is 5.51. The van der Waals surface area contributed by atoms with Gasteiger partial charge in [0.1, 0.15) is 25.6 Å². The Hall–Kier alpha value is -3.06. The summed E-state index contributed by atoms with van der Waals surface area (Å²) >= 11 is 1.60. The van der Waals surface area contributed by atoms with Gasteiger partial charge in [0.05, 0.1) is 16.7 Å². The average molecular weight is 437 g/mol. The maximum absolute atomic E-state index is 13.4. The van der Waals surface area contributed by atoms with Crippen LogP contribution in [-0.4, -0.2) is 35.5 Å². The van der Waals surface area contributed by atoms with Gasteiger partial charge >= 0.3 is 0 Å². The monoisotopic (exact) mass is 436 g/mol. The molecule has 0 aliphatic carbocycles. The first-order chi connectivity index (χ1) is 15.2. The second-order valence-corrected chi connectivity index (χ2v) is 8.80. The Morgan fingerprint density at radius 1 is 1.19 bits per heavy atom. The third kappa shape index (κ3) is 4.23. The number of amides is 1. The number of hydrogen-bond acceptors (Lipinski definition) is 6. The number of carbonyl (C=O) groups excluding carboxylic acids is 1. The molecule has 5 rings (SSSR count). The summed E-state index contributed by atoms with van der Waals surface area (Å²) in [6.45, 7) is 4.23. The SMILES string of the molecule is Cc1nc(COc2cccc(C(=O)N3CCC[C@H]3c3ccc4c(c3)OCCO4)c2)cs1. The summed E-state index contributed by atoms with van der Waals surface area (Å²) in [5.41, 5.74) is 2.62. The van der Waals surface area contributed by atoms with Crippen LogP contribution in [0.5, 0.6) is 17.2 Å². The van der Waals surface area contributed by atoms with Crippen LogP contribution in [0.2, 0.25) is 0 Å². The number of fused-ring (bicyclic) bond motifs is 1. The topological polar surface area (TPSA) is 60.9 Å². The molecular formula is C24H24N2O4S. The van der Waals surface area contributed by atoms with Crippen molar-refractivity contribution < 1.29 is 19.0 Å². The van der Waals surface area contributed by atoms with Gasteiger partial charge in [0.15, 0.2) is 11.5 Å². The number of nitrogens with zero attached hydrogens (tertiary/aromatic N) is 2. The fourth-order valence-electron chi connectivity index (χ4n) is 4.14. The molecule has 0 radical (unpaired) electrons. The van der Waals surface area contributed by atoms with Gasteiger partial charge in [0.2, 0.25) is 0 Å². The van der Waals surface area contributed by atoms with Gasteiger partial charge in [-0.3, -0.25) is 4.79 Å². The highest BCUT2D eigenvalue weighted by Gasteiger charge is 2.31. The van der Waals surface area contributed by atoms with Gasteiger partial charge in [-0.1, -0.05) is 12.1 Å². The first-order valence-electron chi connectivity index (χ1n) is 10.5. The number of rotatable bonds is 5. The zero-order valence-electron chi connectivity index (χ0n) is 17.4. The van der Waals surface area contributed by atoms with Gasteiger partial charge in [-0.2, -0.15) is 0 Å². The molecule has 2 aliphatic rings. The van der Waals surface area contributed by atoms with Gasteiger partial charge in [-0.15, -0.1) is 11.3 Å². The Labute approximate surface area is 185 Å². The molecule has 1 atom stereocenters. The molecule has 2 aromatic carbocycles. The predicted octanol–water partition coefficient (Wildman–Crippen LogP) is 4.78. The van der Waals surface area contributed by atoms with Crippen molar-refractivity contribution in [2.24, 2.45) is 0 Å². The highest BCUT2D eigenvalue weighted by Crippen LogP contribution is 2.38. The molecule has 0 bridgehead atoms. The molecule has 0 N–H and O–H groups in total. The molecule has 3 heterocycles. The van der Waals surface area contributed by atoms with Crippen molar-refractivity contribution in [1.82, 2.24) is 9.88 Å². The molecule has 7 heteroatoms. The van der Waals surface area contributed by atoms with Crippen LogP contribution in [-0.2, 0) is 6.61 Å². The number of thiazole rings is 1. The van der Waals surface area contributed by atoms with Gasteiger partial charge < -0.3 is 19.1 Å². The van der Waals surface area contributed by atoms with Crippen molar-refractivity contribution in [3.63, 3.8) is 0 Å². The van der Waals surface area contributed by atoms with Crippen LogP contribution in [0.15, 0.2) is 47.8 Å². The van der Waals surface area contributed by atoms with E-state index in [0.29, 0.717) is 31.1 Å². The van der Waals surface area contributed by atoms with Gasteiger partial charge in [-0.25, -0.2) is 4.98 Å². The lowest BCUT2D eigenvalue weighted by Crippen LogP contribution is -2.30. The van der Waals surface area contributed by atoms with Crippen LogP contribution in [0.4, 0.5) is 0 Å². The molecule has 1 fully saturated rings. The second kappa shape index (κ2) is 8.59. The molecule has 0 unspecified atom stereocenters. The summed E-state index contributed by atoms with van der Waals surface area (Å²) < 4.78 is 17.2. The maximum atomic E-state index is 13.4. The Morgan fingerprint density at radius 3 is 2.90 bits per heavy atom. The van der Waals surface area contributed by atoms with E-state index in [1.807, 2.05) is 59.7 Å². The summed E-state index contributed by atoms with van der Waals surface area (Å²) in [6, 6.07) is 13.4. The Balaban J connectivity index is 1.32. The van der Waals surface area contributed by atoms with Crippen molar-refractivity contribution in [2.45, 2.75) is 32.4 Å². The maximum Gasteiger partial charge on any atom is 0.254 e. The fourth-order valence-corrected chi connectivity index (χ4v) is 4.74. The number of ether oxygens (including phenoxy) is 3. The Morgan fingerprint density at radius 2 is 2.06 bits per heavy atom. The van der Waals surface area contributed by atoms with Crippen LogP contribution < -0.4 is 14.2 Å². The van der Waals surface area contributed by atoms with Gasteiger partial charge in [0.25, 0.3) is 5.91 Å². The molecule has 160 valence electrons. The number of benzene rings is 2. The smallest absolute Gasteiger partial charge is 0.254 e. The van der Waals surface area contributed by atoms with E-state index in [9.17, 15) is 4.79 Å². The second-order valence-electron chi connectivity index (χ2n) is 7.73. The highest BCUT2D eigenvalue weighted by molar-refractivity contribution is 7.09. The van der Waals surface area contributed by atoms with Crippen molar-refractivity contribution >= 4 is 17.2 Å². The van der Waals surface area contributed by atoms with Crippen molar-refractivity contribution in [1.29, 1.82) is 0 Å². The first kappa shape index (κ1) is 19.9. The third-order valence-corrected chi connectivity index (χ3v) is 6.42. The molecular weight excluding hydrogens is 412 g/mol. The standard InChI is InChI=1S/C24H24N2O4S/c1-16-25-19(15-31-16)14-30-20-5-2-4-18(12-20)24(27)26-9-3-6-21(26)17-7-8-22-23(13-17)29-11-10-28-22/h2,4-5,7-8,12-13,15,21H,3,6,9-11,14H2,1H3/t21-/m0/s1. The van der Waals surface area contributed by atoms with Crippen LogP contribution in [0, 0.1) is 6.92 Å². The highest BCUT2D eigenvalue weighted by atomic mass is 32.1. The van der Waals surface area contributed by atoms with Gasteiger partial charge in [0, 0.05) is 17.5 Å². The van der Waals surface area contributed by atoms with Crippen LogP contribution in [0.25, 0.3) is 0 Å². The van der Waals surface area contributed by atoms with E-state index in [4.69, 9.17) is 14.2 Å². The summed E-state index contributed by atoms with van der Waals surface area (Å²) in [5.74, 6) is 2.22. The predicted molar refractivity (Wildman–Crippen MR) is 118 cm³/mol. The normalized spacial score (nSPS) is 17.6. The minimum Gasteiger partial charge on any atom is -0.487 e. The first-order valence-corrected chi connectivity index (χ1v) is 11.4. The van der Waals surface area contributed by atoms with E-state index >= 15 is 0 Å². The van der Waals surface area contributed by atoms with Crippen LogP contribution >= 0.6 is 11.3 Å². The van der Waals surface area contributed by atoms with Crippen molar-refractivity contribution in [3.8, 4) is 17.2 Å². The summed E-state index contributed by atoms with van der Waals surface area (Å²) in [7, 11) is 0. The number of carbonyl (C=O) groups is 1. The van der Waals surface area contributed by atoms with Crippen LogP contribution in [0.1, 0.15) is 45.5 Å². The molecule has 31 heavy (non-hydrogen) atoms. The molecule has 0 saturated carbocycles. The van der Waals surface area contributed by atoms with E-state index in [2.05, 4.69) is 4.98 Å². The molecule has 1 saturated heterocycles. The van der Waals surface area contributed by atoms with Crippen LogP contribution in [0.3, 0.4) is 0 Å². The number of hydrogen-bond donors (Lipinski definition) is 0. The summed E-state index contributed by atoms with van der Waals surface area (Å²) in [6.07, 6.45) is 1.91. The molecule has 0 spiro atoms. The molecule has 3 aromatic rings. The average Bonchev–Trinajstić information content (AvgIpc) is 3.46. The molecule has 1 aromatic heterocycles. The van der Waals surface area contributed by atoms with Crippen molar-refractivity contribution in [2.75, 3.05) is 19.8 Å². The lowest BCUT2D eigenvalue weighted by atomic mass is 10.0. The van der Waals surface area contributed by atoms with Gasteiger partial charge in [-0.05, 0) is 55.7 Å². The zero-order chi connectivity index (χ0) is 21.2. The molecule has 1 amide bonds. The number of likely N-dealkylation sites (tertiary alicyclic amines) is 1. The zero-order valence-corrected chi connectivity index (χ0v) is 18.2. The number of aromatic nitrogens is 1. The molecule has 2 aliphatic heterocycles. The fraction of sp³-hybridized carbons (Fsp3) is 0.333. The van der Waals surface area contributed by atoms with E-state index in [1.54, 1.807) is 11.3 Å². The van der Waals surface area contributed by atoms with E-state index in [1.165, 1.54) is 0 Å².